The highest BCUT2D eigenvalue weighted by atomic mass is 32.2. The topological polar surface area (TPSA) is 124 Å². The fourth-order valence-corrected chi connectivity index (χ4v) is 4.93. The fourth-order valence-electron chi connectivity index (χ4n) is 4.20. The van der Waals surface area contributed by atoms with Gasteiger partial charge in [0.05, 0.1) is 17.9 Å². The first-order valence-corrected chi connectivity index (χ1v) is 16.4. The van der Waals surface area contributed by atoms with Gasteiger partial charge < -0.3 is 15.5 Å². The van der Waals surface area contributed by atoms with E-state index >= 15 is 0 Å². The second-order valence-electron chi connectivity index (χ2n) is 10.2. The number of carbonyl (C=O) groups is 1. The van der Waals surface area contributed by atoms with Crippen molar-refractivity contribution < 1.29 is 28.0 Å². The minimum atomic E-state index is -4.44. The van der Waals surface area contributed by atoms with Crippen LogP contribution in [-0.4, -0.2) is 53.1 Å². The maximum Gasteiger partial charge on any atom is 0.267 e. The van der Waals surface area contributed by atoms with Crippen LogP contribution in [0.5, 0.6) is 0 Å². The number of nitrogens with one attached hydrogen (secondary N) is 1. The maximum atomic E-state index is 12.4. The molecule has 0 aromatic rings. The molecule has 0 saturated carbocycles. The van der Waals surface area contributed by atoms with E-state index in [2.05, 4.69) is 24.4 Å². The quantitative estimate of drug-likeness (QED) is 0.0583. The van der Waals surface area contributed by atoms with Crippen LogP contribution in [0.25, 0.3) is 0 Å². The average molecular weight is 558 g/mol. The molecule has 0 saturated heterocycles. The second kappa shape index (κ2) is 24.6. The number of hydrogen-bond donors (Lipinski definition) is 4. The molecule has 0 spiro atoms. The molecule has 0 radical (unpaired) electrons. The predicted molar refractivity (Wildman–Crippen MR) is 158 cm³/mol. The van der Waals surface area contributed by atoms with Gasteiger partial charge in [0, 0.05) is 0 Å². The predicted octanol–water partition coefficient (Wildman–Crippen LogP) is 6.42. The number of carbonyl (C=O) groups excluding carboxylic acids is 1. The third-order valence-corrected chi connectivity index (χ3v) is 7.28. The van der Waals surface area contributed by atoms with Crippen LogP contribution in [-0.2, 0) is 14.9 Å². The largest absolute Gasteiger partial charge is 0.387 e. The minimum absolute atomic E-state index is 0.272. The number of rotatable bonds is 25. The summed E-state index contributed by atoms with van der Waals surface area (Å²) in [6.07, 6.45) is 26.6. The average Bonchev–Trinajstić information content (AvgIpc) is 2.86. The highest BCUT2D eigenvalue weighted by molar-refractivity contribution is 7.85. The maximum absolute atomic E-state index is 12.4. The van der Waals surface area contributed by atoms with Crippen molar-refractivity contribution in [1.82, 2.24) is 5.32 Å². The fraction of sp³-hybridized carbons (Fsp3) is 0.767. The van der Waals surface area contributed by atoms with Crippen LogP contribution >= 0.6 is 0 Å². The van der Waals surface area contributed by atoms with Crippen molar-refractivity contribution in [3.63, 3.8) is 0 Å². The van der Waals surface area contributed by atoms with Gasteiger partial charge >= 0.3 is 0 Å². The molecule has 38 heavy (non-hydrogen) atoms. The Morgan fingerprint density at radius 2 is 1.24 bits per heavy atom. The van der Waals surface area contributed by atoms with E-state index in [0.717, 1.165) is 38.5 Å². The summed E-state index contributed by atoms with van der Waals surface area (Å²) in [5.41, 5.74) is 0. The van der Waals surface area contributed by atoms with E-state index in [-0.39, 0.29) is 6.42 Å². The van der Waals surface area contributed by atoms with Crippen LogP contribution in [0.3, 0.4) is 0 Å². The lowest BCUT2D eigenvalue weighted by Crippen LogP contribution is -2.50. The molecule has 4 N–H and O–H groups in total. The zero-order valence-electron chi connectivity index (χ0n) is 23.9. The highest BCUT2D eigenvalue weighted by Crippen LogP contribution is 2.13. The Morgan fingerprint density at radius 3 is 1.74 bits per heavy atom. The SMILES string of the molecule is C/C=C/CC/C=C/CC/C=C/C(O)C(CS(=O)(=O)O)NC(=O)C(O)CCCCCCCCCCCCCC. The summed E-state index contributed by atoms with van der Waals surface area (Å²) in [6, 6.07) is -1.25. The van der Waals surface area contributed by atoms with Crippen molar-refractivity contribution >= 4 is 16.0 Å². The number of allylic oxidation sites excluding steroid dienone is 5. The smallest absolute Gasteiger partial charge is 0.267 e. The Kier molecular flexibility index (Phi) is 23.6. The van der Waals surface area contributed by atoms with Crippen LogP contribution in [0.15, 0.2) is 36.5 Å². The van der Waals surface area contributed by atoms with Gasteiger partial charge in [-0.3, -0.25) is 9.35 Å². The molecule has 222 valence electrons. The van der Waals surface area contributed by atoms with Gasteiger partial charge in [0.1, 0.15) is 6.10 Å². The molecule has 7 nitrogen and oxygen atoms in total. The molecule has 0 aromatic heterocycles. The van der Waals surface area contributed by atoms with Gasteiger partial charge in [0.2, 0.25) is 5.91 Å². The summed E-state index contributed by atoms with van der Waals surface area (Å²) in [5, 5.41) is 23.0. The Balaban J connectivity index is 4.29. The van der Waals surface area contributed by atoms with Crippen molar-refractivity contribution in [3.05, 3.63) is 36.5 Å². The minimum Gasteiger partial charge on any atom is -0.387 e. The van der Waals surface area contributed by atoms with Crippen molar-refractivity contribution in [2.75, 3.05) is 5.75 Å². The molecule has 3 atom stereocenters. The molecular formula is C30H55NO6S. The molecule has 0 rings (SSSR count). The molecule has 8 heteroatoms. The lowest BCUT2D eigenvalue weighted by atomic mass is 10.0. The van der Waals surface area contributed by atoms with E-state index in [0.29, 0.717) is 12.8 Å². The molecule has 1 amide bonds. The van der Waals surface area contributed by atoms with E-state index in [1.807, 2.05) is 19.1 Å². The van der Waals surface area contributed by atoms with Crippen molar-refractivity contribution in [3.8, 4) is 0 Å². The molecule has 0 aliphatic carbocycles. The highest BCUT2D eigenvalue weighted by Gasteiger charge is 2.27. The van der Waals surface area contributed by atoms with Gasteiger partial charge in [-0.1, -0.05) is 120 Å². The zero-order valence-corrected chi connectivity index (χ0v) is 24.7. The van der Waals surface area contributed by atoms with Gasteiger partial charge in [0.15, 0.2) is 0 Å². The summed E-state index contributed by atoms with van der Waals surface area (Å²) >= 11 is 0. The van der Waals surface area contributed by atoms with Crippen LogP contribution in [0, 0.1) is 0 Å². The molecular weight excluding hydrogens is 502 g/mol. The van der Waals surface area contributed by atoms with Gasteiger partial charge in [0.25, 0.3) is 10.1 Å². The number of hydrogen-bond acceptors (Lipinski definition) is 5. The molecule has 3 unspecified atom stereocenters. The molecule has 0 fully saturated rings. The Morgan fingerprint density at radius 1 is 0.763 bits per heavy atom. The third-order valence-electron chi connectivity index (χ3n) is 6.50. The van der Waals surface area contributed by atoms with Gasteiger partial charge in [-0.2, -0.15) is 8.42 Å². The second-order valence-corrected chi connectivity index (χ2v) is 11.7. The third kappa shape index (κ3) is 23.6. The summed E-state index contributed by atoms with van der Waals surface area (Å²) in [5.74, 6) is -1.57. The standard InChI is InChI=1S/C30H55NO6S/c1-3-5-7-9-11-13-14-15-17-19-21-23-25-29(33)30(34)31-27(26-38(35,36)37)28(32)24-22-20-18-16-12-10-8-6-4-2/h4,6,12,16,22,24,27-29,32-33H,3,5,7-11,13-15,17-21,23,25-26H2,1-2H3,(H,31,34)(H,35,36,37)/b6-4+,16-12+,24-22+. The van der Waals surface area contributed by atoms with E-state index in [4.69, 9.17) is 0 Å². The number of aliphatic hydroxyl groups excluding tert-OH is 2. The van der Waals surface area contributed by atoms with Crippen molar-refractivity contribution in [2.45, 2.75) is 141 Å². The molecule has 0 bridgehead atoms. The van der Waals surface area contributed by atoms with E-state index < -0.39 is 40.0 Å². The zero-order chi connectivity index (χ0) is 28.5. The molecule has 0 aromatic carbocycles. The van der Waals surface area contributed by atoms with Crippen LogP contribution < -0.4 is 5.32 Å². The summed E-state index contributed by atoms with van der Waals surface area (Å²) in [7, 11) is -4.44. The number of amides is 1. The van der Waals surface area contributed by atoms with Gasteiger partial charge in [-0.05, 0) is 39.0 Å². The van der Waals surface area contributed by atoms with Crippen molar-refractivity contribution in [2.24, 2.45) is 0 Å². The normalized spacial score (nSPS) is 15.0. The molecule has 0 heterocycles. The lowest BCUT2D eigenvalue weighted by molar-refractivity contribution is -0.130. The monoisotopic (exact) mass is 557 g/mol. The Hall–Kier alpha value is -1.48. The van der Waals surface area contributed by atoms with Gasteiger partial charge in [-0.25, -0.2) is 0 Å². The van der Waals surface area contributed by atoms with Gasteiger partial charge in [-0.15, -0.1) is 0 Å². The first-order valence-electron chi connectivity index (χ1n) is 14.8. The Labute approximate surface area is 232 Å². The molecule has 0 aliphatic heterocycles. The van der Waals surface area contributed by atoms with E-state index in [9.17, 15) is 28.0 Å². The van der Waals surface area contributed by atoms with Crippen LogP contribution in [0.4, 0.5) is 0 Å². The van der Waals surface area contributed by atoms with E-state index in [1.54, 1.807) is 6.08 Å². The van der Waals surface area contributed by atoms with Crippen LogP contribution in [0.1, 0.15) is 123 Å². The Bertz CT molecular complexity index is 763. The summed E-state index contributed by atoms with van der Waals surface area (Å²) in [6.45, 7) is 4.21. The summed E-state index contributed by atoms with van der Waals surface area (Å²) in [4.78, 5) is 12.4. The first kappa shape index (κ1) is 36.5. The molecule has 0 aliphatic rings. The van der Waals surface area contributed by atoms with Crippen LogP contribution in [0.2, 0.25) is 0 Å². The summed E-state index contributed by atoms with van der Waals surface area (Å²) < 4.78 is 32.1. The first-order chi connectivity index (χ1) is 18.2. The lowest BCUT2D eigenvalue weighted by Gasteiger charge is -2.22. The number of aliphatic hydroxyl groups is 2. The van der Waals surface area contributed by atoms with E-state index in [1.165, 1.54) is 57.4 Å². The number of unbranched alkanes of at least 4 members (excludes halogenated alkanes) is 13. The van der Waals surface area contributed by atoms with Crippen molar-refractivity contribution in [1.29, 1.82) is 0 Å².